The van der Waals surface area contributed by atoms with E-state index in [-0.39, 0.29) is 19.3 Å². The molecule has 140 valence electrons. The molecule has 0 bridgehead atoms. The first-order chi connectivity index (χ1) is 13.3. The van der Waals surface area contributed by atoms with Crippen LogP contribution in [0.5, 0.6) is 0 Å². The molecule has 6 heteroatoms. The molecule has 0 aliphatic rings. The summed E-state index contributed by atoms with van der Waals surface area (Å²) >= 11 is 0. The van der Waals surface area contributed by atoms with E-state index in [0.717, 1.165) is 23.4 Å². The lowest BCUT2D eigenvalue weighted by Gasteiger charge is -2.15. The molecule has 6 nitrogen and oxygen atoms in total. The Morgan fingerprint density at radius 2 is 2.04 bits per heavy atom. The summed E-state index contributed by atoms with van der Waals surface area (Å²) in [5, 5.41) is 22.8. The van der Waals surface area contributed by atoms with Gasteiger partial charge in [0, 0.05) is 49.0 Å². The van der Waals surface area contributed by atoms with Crippen LogP contribution in [0.3, 0.4) is 0 Å². The molecule has 2 N–H and O–H groups in total. The fourth-order valence-electron chi connectivity index (χ4n) is 2.86. The van der Waals surface area contributed by atoms with Crippen molar-refractivity contribution in [3.63, 3.8) is 0 Å². The van der Waals surface area contributed by atoms with Crippen molar-refractivity contribution >= 4 is 0 Å². The first-order valence-corrected chi connectivity index (χ1v) is 9.06. The third kappa shape index (κ3) is 4.45. The van der Waals surface area contributed by atoms with Gasteiger partial charge in [0.05, 0.1) is 6.61 Å². The lowest BCUT2D eigenvalue weighted by atomic mass is 10.1. The van der Waals surface area contributed by atoms with Crippen LogP contribution in [0.25, 0.3) is 11.3 Å². The van der Waals surface area contributed by atoms with Crippen LogP contribution in [-0.2, 0) is 6.42 Å². The second-order valence-corrected chi connectivity index (χ2v) is 6.12. The Balaban J connectivity index is 1.77. The Morgan fingerprint density at radius 3 is 2.74 bits per heavy atom. The molecule has 3 rings (SSSR count). The fourth-order valence-corrected chi connectivity index (χ4v) is 2.86. The quantitative estimate of drug-likeness (QED) is 0.497. The molecule has 0 fully saturated rings. The summed E-state index contributed by atoms with van der Waals surface area (Å²) in [4.78, 5) is 4.31. The minimum atomic E-state index is -0.323. The van der Waals surface area contributed by atoms with Crippen molar-refractivity contribution in [1.82, 2.24) is 14.7 Å². The molecule has 2 heterocycles. The maximum atomic E-state index is 9.85. The van der Waals surface area contributed by atoms with Crippen LogP contribution in [-0.4, -0.2) is 38.1 Å². The van der Waals surface area contributed by atoms with Gasteiger partial charge in [0.1, 0.15) is 17.6 Å². The summed E-state index contributed by atoms with van der Waals surface area (Å²) < 4.78 is 7.42. The molecule has 0 radical (unpaired) electrons. The summed E-state index contributed by atoms with van der Waals surface area (Å²) in [5.41, 5.74) is 2.47. The second-order valence-electron chi connectivity index (χ2n) is 6.12. The van der Waals surface area contributed by atoms with Crippen LogP contribution in [0.15, 0.2) is 47.2 Å². The molecule has 3 aromatic rings. The number of imidazole rings is 1. The van der Waals surface area contributed by atoms with E-state index < -0.39 is 0 Å². The number of nitrogens with zero attached hydrogens (tertiary/aromatic N) is 3. The maximum Gasteiger partial charge on any atom is 0.167 e. The smallest absolute Gasteiger partial charge is 0.167 e. The molecule has 1 atom stereocenters. The highest BCUT2D eigenvalue weighted by molar-refractivity contribution is 5.59. The van der Waals surface area contributed by atoms with Gasteiger partial charge in [0.25, 0.3) is 0 Å². The Bertz CT molecular complexity index is 916. The molecule has 1 aromatic carbocycles. The summed E-state index contributed by atoms with van der Waals surface area (Å²) in [5.74, 6) is 7.64. The van der Waals surface area contributed by atoms with Gasteiger partial charge in [-0.15, -0.1) is 0 Å². The van der Waals surface area contributed by atoms with Crippen LogP contribution in [0, 0.1) is 11.8 Å². The van der Waals surface area contributed by atoms with Crippen LogP contribution in [0.2, 0.25) is 0 Å². The first-order valence-electron chi connectivity index (χ1n) is 9.06. The van der Waals surface area contributed by atoms with Crippen molar-refractivity contribution in [3.8, 4) is 23.2 Å². The molecular formula is C21H23N3O3. The lowest BCUT2D eigenvalue weighted by Crippen LogP contribution is -2.16. The number of aromatic nitrogens is 3. The predicted octanol–water partition coefficient (Wildman–Crippen LogP) is 2.81. The number of aliphatic hydroxyl groups excluding tert-OH is 2. The second kappa shape index (κ2) is 9.17. The fraction of sp³-hybridized carbons (Fsp3) is 0.333. The van der Waals surface area contributed by atoms with Crippen molar-refractivity contribution in [2.45, 2.75) is 32.2 Å². The Kier molecular flexibility index (Phi) is 6.42. The van der Waals surface area contributed by atoms with Crippen molar-refractivity contribution in [2.75, 3.05) is 13.2 Å². The predicted molar refractivity (Wildman–Crippen MR) is 102 cm³/mol. The molecule has 27 heavy (non-hydrogen) atoms. The zero-order valence-corrected chi connectivity index (χ0v) is 15.3. The van der Waals surface area contributed by atoms with Crippen molar-refractivity contribution < 1.29 is 14.7 Å². The van der Waals surface area contributed by atoms with E-state index in [1.807, 2.05) is 48.0 Å². The van der Waals surface area contributed by atoms with E-state index in [2.05, 4.69) is 22.0 Å². The monoisotopic (exact) mass is 365 g/mol. The van der Waals surface area contributed by atoms with Gasteiger partial charge in [-0.3, -0.25) is 0 Å². The summed E-state index contributed by atoms with van der Waals surface area (Å²) in [6, 6.07) is 9.25. The molecular weight excluding hydrogens is 342 g/mol. The van der Waals surface area contributed by atoms with Gasteiger partial charge >= 0.3 is 0 Å². The van der Waals surface area contributed by atoms with Gasteiger partial charge in [0.2, 0.25) is 0 Å². The Labute approximate surface area is 158 Å². The van der Waals surface area contributed by atoms with Crippen LogP contribution in [0.4, 0.5) is 0 Å². The standard InChI is InChI=1S/C21H23N3O3/c1-2-21-22-11-12-24(21)19(15-26)18-14-20(27-23-18)17-9-7-16(8-10-17)6-4-3-5-13-25/h7-12,14,19,25-26H,2-3,5,13,15H2,1H3. The minimum absolute atomic E-state index is 0.0856. The largest absolute Gasteiger partial charge is 0.396 e. The highest BCUT2D eigenvalue weighted by Gasteiger charge is 2.20. The van der Waals surface area contributed by atoms with Gasteiger partial charge in [-0.25, -0.2) is 4.98 Å². The molecule has 0 aliphatic carbocycles. The van der Waals surface area contributed by atoms with Crippen molar-refractivity contribution in [3.05, 3.63) is 59.8 Å². The van der Waals surface area contributed by atoms with Crippen LogP contribution < -0.4 is 0 Å². The minimum Gasteiger partial charge on any atom is -0.396 e. The van der Waals surface area contributed by atoms with E-state index in [9.17, 15) is 5.11 Å². The normalized spacial score (nSPS) is 11.8. The number of hydrogen-bond acceptors (Lipinski definition) is 5. The zero-order valence-electron chi connectivity index (χ0n) is 15.3. The zero-order chi connectivity index (χ0) is 19.1. The molecule has 0 aliphatic heterocycles. The van der Waals surface area contributed by atoms with E-state index in [0.29, 0.717) is 24.3 Å². The third-order valence-corrected chi connectivity index (χ3v) is 4.31. The van der Waals surface area contributed by atoms with E-state index >= 15 is 0 Å². The number of aliphatic hydroxyl groups is 2. The number of unbranched alkanes of at least 4 members (excludes halogenated alkanes) is 1. The van der Waals surface area contributed by atoms with Gasteiger partial charge in [-0.1, -0.05) is 23.9 Å². The SMILES string of the molecule is CCc1nccn1C(CO)c1cc(-c2ccc(C#CCCCO)cc2)on1. The van der Waals surface area contributed by atoms with Gasteiger partial charge < -0.3 is 19.3 Å². The van der Waals surface area contributed by atoms with Crippen molar-refractivity contribution in [1.29, 1.82) is 0 Å². The number of benzene rings is 1. The third-order valence-electron chi connectivity index (χ3n) is 4.31. The Morgan fingerprint density at radius 1 is 1.22 bits per heavy atom. The van der Waals surface area contributed by atoms with Crippen LogP contribution >= 0.6 is 0 Å². The average molecular weight is 365 g/mol. The Hall–Kier alpha value is -2.88. The van der Waals surface area contributed by atoms with Crippen LogP contribution in [0.1, 0.15) is 42.9 Å². The van der Waals surface area contributed by atoms with E-state index in [4.69, 9.17) is 9.63 Å². The topological polar surface area (TPSA) is 84.3 Å². The molecule has 0 saturated carbocycles. The summed E-state index contributed by atoms with van der Waals surface area (Å²) in [7, 11) is 0. The summed E-state index contributed by atoms with van der Waals surface area (Å²) in [6.07, 6.45) is 5.71. The van der Waals surface area contributed by atoms with E-state index in [1.54, 1.807) is 6.20 Å². The molecule has 2 aromatic heterocycles. The van der Waals surface area contributed by atoms with Gasteiger partial charge in [-0.2, -0.15) is 0 Å². The van der Waals surface area contributed by atoms with Gasteiger partial charge in [0.15, 0.2) is 5.76 Å². The number of hydrogen-bond donors (Lipinski definition) is 2. The molecule has 0 amide bonds. The average Bonchev–Trinajstić information content (AvgIpc) is 3.37. The first kappa shape index (κ1) is 18.9. The van der Waals surface area contributed by atoms with Gasteiger partial charge in [-0.05, 0) is 30.7 Å². The highest BCUT2D eigenvalue weighted by Crippen LogP contribution is 2.26. The molecule has 0 saturated heterocycles. The van der Waals surface area contributed by atoms with E-state index in [1.165, 1.54) is 0 Å². The summed E-state index contributed by atoms with van der Waals surface area (Å²) in [6.45, 7) is 2.10. The maximum absolute atomic E-state index is 9.85. The number of rotatable bonds is 7. The lowest BCUT2D eigenvalue weighted by molar-refractivity contribution is 0.240. The highest BCUT2D eigenvalue weighted by atomic mass is 16.5. The molecule has 0 spiro atoms. The number of aryl methyl sites for hydroxylation is 1. The van der Waals surface area contributed by atoms with Crippen molar-refractivity contribution in [2.24, 2.45) is 0 Å². The molecule has 1 unspecified atom stereocenters.